The van der Waals surface area contributed by atoms with E-state index in [1.807, 2.05) is 71.4 Å². The standard InChI is InChI=1S/C25H22N6/c1-4-10-19(11-5-1)16-17-26-25-29-23(28-20-12-6-2-7-13-20)22-18-27-31(24(22)30-25)21-14-8-3-9-15-21/h1-15,18H,16-17H2,(H2,26,28,29,30). The molecule has 2 N–H and O–H groups in total. The first-order chi connectivity index (χ1) is 15.4. The predicted molar refractivity (Wildman–Crippen MR) is 125 cm³/mol. The highest BCUT2D eigenvalue weighted by atomic mass is 15.3. The van der Waals surface area contributed by atoms with E-state index in [9.17, 15) is 0 Å². The van der Waals surface area contributed by atoms with Crippen molar-refractivity contribution in [1.82, 2.24) is 19.7 Å². The maximum absolute atomic E-state index is 4.78. The number of benzene rings is 3. The van der Waals surface area contributed by atoms with Crippen LogP contribution < -0.4 is 10.6 Å². The summed E-state index contributed by atoms with van der Waals surface area (Å²) in [4.78, 5) is 9.53. The second-order valence-electron chi connectivity index (χ2n) is 7.18. The maximum atomic E-state index is 4.78. The average molecular weight is 406 g/mol. The molecule has 0 saturated carbocycles. The minimum Gasteiger partial charge on any atom is -0.354 e. The van der Waals surface area contributed by atoms with Crippen LogP contribution >= 0.6 is 0 Å². The van der Waals surface area contributed by atoms with Crippen LogP contribution in [0.3, 0.4) is 0 Å². The van der Waals surface area contributed by atoms with Crippen LogP contribution in [0, 0.1) is 0 Å². The van der Waals surface area contributed by atoms with Gasteiger partial charge in [0.25, 0.3) is 0 Å². The lowest BCUT2D eigenvalue weighted by molar-refractivity contribution is 0.893. The molecule has 31 heavy (non-hydrogen) atoms. The number of hydrogen-bond acceptors (Lipinski definition) is 5. The quantitative estimate of drug-likeness (QED) is 0.388. The molecule has 0 saturated heterocycles. The van der Waals surface area contributed by atoms with Crippen molar-refractivity contribution in [2.75, 3.05) is 17.2 Å². The summed E-state index contributed by atoms with van der Waals surface area (Å²) >= 11 is 0. The summed E-state index contributed by atoms with van der Waals surface area (Å²) in [5, 5.41) is 12.2. The van der Waals surface area contributed by atoms with E-state index in [0.29, 0.717) is 5.95 Å². The average Bonchev–Trinajstić information content (AvgIpc) is 3.25. The second kappa shape index (κ2) is 8.67. The van der Waals surface area contributed by atoms with Crippen molar-refractivity contribution in [3.05, 3.63) is 103 Å². The number of hydrogen-bond donors (Lipinski definition) is 2. The first-order valence-electron chi connectivity index (χ1n) is 10.3. The number of rotatable bonds is 7. The molecule has 0 fully saturated rings. The first-order valence-corrected chi connectivity index (χ1v) is 10.3. The molecule has 2 aromatic heterocycles. The summed E-state index contributed by atoms with van der Waals surface area (Å²) in [5.74, 6) is 1.29. The largest absolute Gasteiger partial charge is 0.354 e. The van der Waals surface area contributed by atoms with E-state index in [0.717, 1.165) is 41.2 Å². The third kappa shape index (κ3) is 4.23. The Labute approximate surface area is 180 Å². The molecule has 5 rings (SSSR count). The van der Waals surface area contributed by atoms with Gasteiger partial charge in [-0.25, -0.2) is 4.68 Å². The Morgan fingerprint density at radius 1 is 0.742 bits per heavy atom. The zero-order valence-electron chi connectivity index (χ0n) is 16.9. The lowest BCUT2D eigenvalue weighted by Gasteiger charge is -2.11. The Balaban J connectivity index is 1.50. The summed E-state index contributed by atoms with van der Waals surface area (Å²) in [6.45, 7) is 0.736. The van der Waals surface area contributed by atoms with E-state index in [4.69, 9.17) is 9.97 Å². The van der Waals surface area contributed by atoms with Gasteiger partial charge in [-0.2, -0.15) is 15.1 Å². The van der Waals surface area contributed by atoms with Crippen LogP contribution in [0.5, 0.6) is 0 Å². The molecule has 6 heteroatoms. The van der Waals surface area contributed by atoms with Crippen molar-refractivity contribution in [3.8, 4) is 5.69 Å². The van der Waals surface area contributed by atoms with Crippen molar-refractivity contribution in [2.24, 2.45) is 0 Å². The van der Waals surface area contributed by atoms with Crippen LogP contribution in [-0.2, 0) is 6.42 Å². The van der Waals surface area contributed by atoms with Crippen molar-refractivity contribution < 1.29 is 0 Å². The van der Waals surface area contributed by atoms with Gasteiger partial charge in [0.15, 0.2) is 5.65 Å². The number of nitrogens with zero attached hydrogens (tertiary/aromatic N) is 4. The van der Waals surface area contributed by atoms with Gasteiger partial charge in [0, 0.05) is 12.2 Å². The van der Waals surface area contributed by atoms with Crippen LogP contribution in [0.2, 0.25) is 0 Å². The van der Waals surface area contributed by atoms with E-state index in [1.165, 1.54) is 5.56 Å². The van der Waals surface area contributed by atoms with Crippen LogP contribution in [-0.4, -0.2) is 26.3 Å². The summed E-state index contributed by atoms with van der Waals surface area (Å²) in [5.41, 5.74) is 3.94. The normalized spacial score (nSPS) is 10.8. The number of aromatic nitrogens is 4. The molecule has 0 spiro atoms. The molecular formula is C25H22N6. The number of anilines is 3. The SMILES string of the molecule is c1ccc(CCNc2nc(Nc3ccccc3)c3cnn(-c4ccccc4)c3n2)cc1. The number of para-hydroxylation sites is 2. The molecule has 0 amide bonds. The molecule has 0 aliphatic rings. The number of fused-ring (bicyclic) bond motifs is 1. The fourth-order valence-electron chi connectivity index (χ4n) is 3.46. The van der Waals surface area contributed by atoms with Crippen molar-refractivity contribution in [3.63, 3.8) is 0 Å². The molecule has 0 atom stereocenters. The van der Waals surface area contributed by atoms with Gasteiger partial charge in [-0.05, 0) is 36.2 Å². The maximum Gasteiger partial charge on any atom is 0.226 e. The van der Waals surface area contributed by atoms with Gasteiger partial charge in [0.1, 0.15) is 5.82 Å². The Bertz CT molecular complexity index is 1270. The Morgan fingerprint density at radius 3 is 2.16 bits per heavy atom. The zero-order chi connectivity index (χ0) is 20.9. The Hall–Kier alpha value is -4.19. The summed E-state index contributed by atoms with van der Waals surface area (Å²) in [6, 6.07) is 30.4. The van der Waals surface area contributed by atoms with Gasteiger partial charge in [0.05, 0.1) is 17.3 Å². The van der Waals surface area contributed by atoms with E-state index in [2.05, 4.69) is 40.0 Å². The molecule has 152 valence electrons. The molecule has 0 bridgehead atoms. The molecule has 0 aliphatic heterocycles. The van der Waals surface area contributed by atoms with Gasteiger partial charge >= 0.3 is 0 Å². The van der Waals surface area contributed by atoms with Gasteiger partial charge in [-0.1, -0.05) is 66.7 Å². The van der Waals surface area contributed by atoms with Crippen molar-refractivity contribution in [1.29, 1.82) is 0 Å². The van der Waals surface area contributed by atoms with Crippen LogP contribution in [0.15, 0.2) is 97.2 Å². The molecule has 5 aromatic rings. The highest BCUT2D eigenvalue weighted by molar-refractivity contribution is 5.90. The zero-order valence-corrected chi connectivity index (χ0v) is 16.9. The lowest BCUT2D eigenvalue weighted by atomic mass is 10.1. The predicted octanol–water partition coefficient (Wildman–Crippen LogP) is 5.21. The molecule has 6 nitrogen and oxygen atoms in total. The lowest BCUT2D eigenvalue weighted by Crippen LogP contribution is -2.10. The fourth-order valence-corrected chi connectivity index (χ4v) is 3.46. The molecule has 2 heterocycles. The van der Waals surface area contributed by atoms with Gasteiger partial charge < -0.3 is 10.6 Å². The minimum atomic E-state index is 0.569. The van der Waals surface area contributed by atoms with Gasteiger partial charge in [0.2, 0.25) is 5.95 Å². The Kier molecular flexibility index (Phi) is 5.26. The molecule has 0 unspecified atom stereocenters. The first kappa shape index (κ1) is 18.8. The van der Waals surface area contributed by atoms with Crippen molar-refractivity contribution in [2.45, 2.75) is 6.42 Å². The smallest absolute Gasteiger partial charge is 0.226 e. The van der Waals surface area contributed by atoms with E-state index < -0.39 is 0 Å². The minimum absolute atomic E-state index is 0.569. The highest BCUT2D eigenvalue weighted by Gasteiger charge is 2.14. The van der Waals surface area contributed by atoms with E-state index in [-0.39, 0.29) is 0 Å². The molecular weight excluding hydrogens is 384 g/mol. The van der Waals surface area contributed by atoms with E-state index in [1.54, 1.807) is 6.20 Å². The fraction of sp³-hybridized carbons (Fsp3) is 0.0800. The molecule has 0 aliphatic carbocycles. The third-order valence-electron chi connectivity index (χ3n) is 5.01. The van der Waals surface area contributed by atoms with Crippen molar-refractivity contribution >= 4 is 28.5 Å². The Morgan fingerprint density at radius 2 is 1.42 bits per heavy atom. The van der Waals surface area contributed by atoms with Crippen LogP contribution in [0.25, 0.3) is 16.7 Å². The van der Waals surface area contributed by atoms with Crippen LogP contribution in [0.4, 0.5) is 17.5 Å². The topological polar surface area (TPSA) is 67.7 Å². The van der Waals surface area contributed by atoms with Gasteiger partial charge in [-0.15, -0.1) is 0 Å². The number of nitrogens with one attached hydrogen (secondary N) is 2. The summed E-state index contributed by atoms with van der Waals surface area (Å²) in [6.07, 6.45) is 2.70. The molecule has 3 aromatic carbocycles. The summed E-state index contributed by atoms with van der Waals surface area (Å²) < 4.78 is 1.84. The second-order valence-corrected chi connectivity index (χ2v) is 7.18. The highest BCUT2D eigenvalue weighted by Crippen LogP contribution is 2.26. The van der Waals surface area contributed by atoms with Gasteiger partial charge in [-0.3, -0.25) is 0 Å². The van der Waals surface area contributed by atoms with Crippen LogP contribution in [0.1, 0.15) is 5.56 Å². The van der Waals surface area contributed by atoms with E-state index >= 15 is 0 Å². The monoisotopic (exact) mass is 406 g/mol. The third-order valence-corrected chi connectivity index (χ3v) is 5.01. The summed E-state index contributed by atoms with van der Waals surface area (Å²) in [7, 11) is 0. The molecule has 0 radical (unpaired) electrons.